The molecule has 94 valence electrons. The SMILES string of the molecule is OC1CCC(N2CCC(C(F)(F)F)CC2)C1. The molecule has 0 bridgehead atoms. The zero-order valence-corrected chi connectivity index (χ0v) is 9.21. The molecule has 2 atom stereocenters. The first-order valence-electron chi connectivity index (χ1n) is 5.95. The van der Waals surface area contributed by atoms with Gasteiger partial charge in [0.25, 0.3) is 0 Å². The Morgan fingerprint density at radius 1 is 1.00 bits per heavy atom. The second-order valence-corrected chi connectivity index (χ2v) is 4.97. The van der Waals surface area contributed by atoms with Crippen LogP contribution in [0.4, 0.5) is 13.2 Å². The van der Waals surface area contributed by atoms with Crippen LogP contribution in [0, 0.1) is 5.92 Å². The molecule has 0 spiro atoms. The van der Waals surface area contributed by atoms with Gasteiger partial charge in [-0.1, -0.05) is 0 Å². The van der Waals surface area contributed by atoms with E-state index in [1.165, 1.54) is 0 Å². The summed E-state index contributed by atoms with van der Waals surface area (Å²) >= 11 is 0. The molecule has 2 aliphatic rings. The van der Waals surface area contributed by atoms with Gasteiger partial charge < -0.3 is 10.0 Å². The molecule has 1 saturated heterocycles. The predicted molar refractivity (Wildman–Crippen MR) is 54.0 cm³/mol. The summed E-state index contributed by atoms with van der Waals surface area (Å²) in [6.07, 6.45) is -1.38. The fourth-order valence-electron chi connectivity index (χ4n) is 2.86. The van der Waals surface area contributed by atoms with Gasteiger partial charge in [-0.15, -0.1) is 0 Å². The molecule has 1 heterocycles. The molecule has 1 N–H and O–H groups in total. The second kappa shape index (κ2) is 4.53. The number of nitrogens with zero attached hydrogens (tertiary/aromatic N) is 1. The second-order valence-electron chi connectivity index (χ2n) is 4.97. The first kappa shape index (κ1) is 12.2. The number of aliphatic hydroxyl groups is 1. The normalized spacial score (nSPS) is 34.5. The standard InChI is InChI=1S/C11H18F3NO/c12-11(13,14)8-3-5-15(6-4-8)9-1-2-10(16)7-9/h8-10,16H,1-7H2. The Kier molecular flexibility index (Phi) is 3.45. The van der Waals surface area contributed by atoms with Gasteiger partial charge >= 0.3 is 6.18 Å². The topological polar surface area (TPSA) is 23.5 Å². The molecule has 0 radical (unpaired) electrons. The van der Waals surface area contributed by atoms with Crippen molar-refractivity contribution in [2.45, 2.75) is 50.4 Å². The van der Waals surface area contributed by atoms with Crippen molar-refractivity contribution in [3.8, 4) is 0 Å². The molecule has 2 fully saturated rings. The van der Waals surface area contributed by atoms with Crippen LogP contribution in [0.2, 0.25) is 0 Å². The minimum absolute atomic E-state index is 0.218. The number of alkyl halides is 3. The van der Waals surface area contributed by atoms with Crippen LogP contribution in [-0.4, -0.2) is 41.4 Å². The molecule has 1 aliphatic carbocycles. The molecule has 0 amide bonds. The average molecular weight is 237 g/mol. The number of halogens is 3. The predicted octanol–water partition coefficient (Wildman–Crippen LogP) is 2.17. The van der Waals surface area contributed by atoms with E-state index in [1.807, 2.05) is 0 Å². The fourth-order valence-corrected chi connectivity index (χ4v) is 2.86. The summed E-state index contributed by atoms with van der Waals surface area (Å²) < 4.78 is 37.3. The van der Waals surface area contributed by atoms with Gasteiger partial charge in [-0.05, 0) is 45.2 Å². The molecule has 2 rings (SSSR count). The highest BCUT2D eigenvalue weighted by molar-refractivity contribution is 4.86. The van der Waals surface area contributed by atoms with Crippen LogP contribution in [0.15, 0.2) is 0 Å². The van der Waals surface area contributed by atoms with Crippen LogP contribution in [-0.2, 0) is 0 Å². The van der Waals surface area contributed by atoms with Crippen molar-refractivity contribution in [3.05, 3.63) is 0 Å². The Balaban J connectivity index is 1.81. The van der Waals surface area contributed by atoms with Crippen LogP contribution in [0.3, 0.4) is 0 Å². The Hall–Kier alpha value is -0.290. The highest BCUT2D eigenvalue weighted by Gasteiger charge is 2.42. The van der Waals surface area contributed by atoms with Gasteiger partial charge in [-0.2, -0.15) is 13.2 Å². The van der Waals surface area contributed by atoms with E-state index in [0.717, 1.165) is 19.3 Å². The zero-order chi connectivity index (χ0) is 11.8. The van der Waals surface area contributed by atoms with Gasteiger partial charge in [0, 0.05) is 6.04 Å². The summed E-state index contributed by atoms with van der Waals surface area (Å²) in [5.74, 6) is -1.12. The Morgan fingerprint density at radius 2 is 1.62 bits per heavy atom. The smallest absolute Gasteiger partial charge is 0.391 e. The molecule has 1 aliphatic heterocycles. The quantitative estimate of drug-likeness (QED) is 0.755. The lowest BCUT2D eigenvalue weighted by Crippen LogP contribution is -2.43. The van der Waals surface area contributed by atoms with E-state index >= 15 is 0 Å². The van der Waals surface area contributed by atoms with E-state index in [4.69, 9.17) is 0 Å². The average Bonchev–Trinajstić information content (AvgIpc) is 2.64. The molecule has 0 aromatic carbocycles. The maximum atomic E-state index is 12.4. The Morgan fingerprint density at radius 3 is 2.06 bits per heavy atom. The minimum atomic E-state index is -4.03. The van der Waals surface area contributed by atoms with Gasteiger partial charge in [-0.25, -0.2) is 0 Å². The van der Waals surface area contributed by atoms with Crippen LogP contribution in [0.5, 0.6) is 0 Å². The first-order valence-corrected chi connectivity index (χ1v) is 5.95. The molecule has 0 aromatic rings. The van der Waals surface area contributed by atoms with Crippen molar-refractivity contribution >= 4 is 0 Å². The Bertz CT molecular complexity index is 236. The third-order valence-corrected chi connectivity index (χ3v) is 3.89. The van der Waals surface area contributed by atoms with Crippen LogP contribution in [0.25, 0.3) is 0 Å². The van der Waals surface area contributed by atoms with Gasteiger partial charge in [0.1, 0.15) is 0 Å². The lowest BCUT2D eigenvalue weighted by Gasteiger charge is -2.36. The van der Waals surface area contributed by atoms with Crippen LogP contribution in [0.1, 0.15) is 32.1 Å². The van der Waals surface area contributed by atoms with Crippen molar-refractivity contribution in [2.24, 2.45) is 5.92 Å². The molecule has 16 heavy (non-hydrogen) atoms. The van der Waals surface area contributed by atoms with Gasteiger partial charge in [-0.3, -0.25) is 0 Å². The maximum Gasteiger partial charge on any atom is 0.391 e. The van der Waals surface area contributed by atoms with Gasteiger partial charge in [0.15, 0.2) is 0 Å². The van der Waals surface area contributed by atoms with E-state index < -0.39 is 12.1 Å². The van der Waals surface area contributed by atoms with Crippen LogP contribution < -0.4 is 0 Å². The largest absolute Gasteiger partial charge is 0.393 e. The Labute approximate surface area is 93.4 Å². The van der Waals surface area contributed by atoms with E-state index in [1.54, 1.807) is 0 Å². The number of rotatable bonds is 1. The highest BCUT2D eigenvalue weighted by atomic mass is 19.4. The van der Waals surface area contributed by atoms with Gasteiger partial charge in [0.05, 0.1) is 12.0 Å². The minimum Gasteiger partial charge on any atom is -0.393 e. The maximum absolute atomic E-state index is 12.4. The first-order chi connectivity index (χ1) is 7.47. The molecule has 2 unspecified atom stereocenters. The number of aliphatic hydroxyl groups excluding tert-OH is 1. The van der Waals surface area contributed by atoms with Crippen molar-refractivity contribution in [2.75, 3.05) is 13.1 Å². The van der Waals surface area contributed by atoms with E-state index in [-0.39, 0.29) is 18.9 Å². The summed E-state index contributed by atoms with van der Waals surface area (Å²) in [6.45, 7) is 1.06. The fraction of sp³-hybridized carbons (Fsp3) is 1.00. The molecular formula is C11H18F3NO. The van der Waals surface area contributed by atoms with Crippen LogP contribution >= 0.6 is 0 Å². The molecular weight excluding hydrogens is 219 g/mol. The van der Waals surface area contributed by atoms with E-state index in [0.29, 0.717) is 19.1 Å². The molecule has 0 aromatic heterocycles. The van der Waals surface area contributed by atoms with Crippen molar-refractivity contribution in [1.29, 1.82) is 0 Å². The number of likely N-dealkylation sites (tertiary alicyclic amines) is 1. The summed E-state index contributed by atoms with van der Waals surface area (Å²) in [5.41, 5.74) is 0. The van der Waals surface area contributed by atoms with Crippen molar-refractivity contribution in [1.82, 2.24) is 4.90 Å². The third kappa shape index (κ3) is 2.69. The molecule has 2 nitrogen and oxygen atoms in total. The zero-order valence-electron chi connectivity index (χ0n) is 9.21. The molecule has 1 saturated carbocycles. The third-order valence-electron chi connectivity index (χ3n) is 3.89. The summed E-state index contributed by atoms with van der Waals surface area (Å²) in [7, 11) is 0. The summed E-state index contributed by atoms with van der Waals surface area (Å²) in [4.78, 5) is 2.12. The van der Waals surface area contributed by atoms with Gasteiger partial charge in [0.2, 0.25) is 0 Å². The highest BCUT2D eigenvalue weighted by Crippen LogP contribution is 2.36. The van der Waals surface area contributed by atoms with E-state index in [2.05, 4.69) is 4.90 Å². The molecule has 5 heteroatoms. The van der Waals surface area contributed by atoms with E-state index in [9.17, 15) is 18.3 Å². The lowest BCUT2D eigenvalue weighted by atomic mass is 9.95. The number of hydrogen-bond acceptors (Lipinski definition) is 2. The number of piperidine rings is 1. The number of hydrogen-bond donors (Lipinski definition) is 1. The monoisotopic (exact) mass is 237 g/mol. The summed E-state index contributed by atoms with van der Waals surface area (Å²) in [5, 5.41) is 9.40. The lowest BCUT2D eigenvalue weighted by molar-refractivity contribution is -0.186. The van der Waals surface area contributed by atoms with Crippen molar-refractivity contribution in [3.63, 3.8) is 0 Å². The van der Waals surface area contributed by atoms with Crippen molar-refractivity contribution < 1.29 is 18.3 Å². The summed E-state index contributed by atoms with van der Waals surface area (Å²) in [6, 6.07) is 0.309.